The molecular weight excluding hydrogens is 464 g/mol. The highest BCUT2D eigenvalue weighted by Gasteiger charge is 2.20. The minimum atomic E-state index is 0.900. The van der Waals surface area contributed by atoms with Gasteiger partial charge in [-0.25, -0.2) is 0 Å². The maximum atomic E-state index is 6.49. The summed E-state index contributed by atoms with van der Waals surface area (Å²) in [5.41, 5.74) is 4.84. The molecule has 5 aromatic carbocycles. The first-order chi connectivity index (χ1) is 17.3. The summed E-state index contributed by atoms with van der Waals surface area (Å²) in [6, 6.07) is 39.2. The van der Waals surface area contributed by atoms with Crippen LogP contribution in [0.5, 0.6) is 0 Å². The van der Waals surface area contributed by atoms with Crippen molar-refractivity contribution < 1.29 is 4.42 Å². The van der Waals surface area contributed by atoms with E-state index in [1.54, 1.807) is 0 Å². The van der Waals surface area contributed by atoms with Crippen LogP contribution < -0.4 is 0 Å². The lowest BCUT2D eigenvalue weighted by Crippen LogP contribution is -1.93. The summed E-state index contributed by atoms with van der Waals surface area (Å²) in [4.78, 5) is 2.62. The van der Waals surface area contributed by atoms with Crippen LogP contribution in [0, 0.1) is 0 Å². The zero-order valence-electron chi connectivity index (χ0n) is 18.6. The van der Waals surface area contributed by atoms with E-state index < -0.39 is 0 Å². The molecule has 0 bridgehead atoms. The Morgan fingerprint density at radius 1 is 0.543 bits per heavy atom. The molecule has 3 heterocycles. The molecule has 0 aliphatic carbocycles. The number of benzene rings is 5. The molecule has 8 rings (SSSR count). The molecule has 0 unspecified atom stereocenters. The number of hydrogen-bond donors (Lipinski definition) is 0. The molecule has 35 heavy (non-hydrogen) atoms. The van der Waals surface area contributed by atoms with Crippen LogP contribution in [0.15, 0.2) is 123 Å². The van der Waals surface area contributed by atoms with Gasteiger partial charge in [-0.3, -0.25) is 0 Å². The van der Waals surface area contributed by atoms with Crippen molar-refractivity contribution in [3.63, 3.8) is 0 Å². The van der Waals surface area contributed by atoms with Crippen molar-refractivity contribution in [1.29, 1.82) is 0 Å². The second kappa shape index (κ2) is 7.35. The molecular formula is C32H18OS2. The summed E-state index contributed by atoms with van der Waals surface area (Å²) in [7, 11) is 0. The molecule has 0 radical (unpaired) electrons. The molecule has 164 valence electrons. The molecule has 0 N–H and O–H groups in total. The van der Waals surface area contributed by atoms with Gasteiger partial charge in [0, 0.05) is 46.5 Å². The van der Waals surface area contributed by atoms with Crippen LogP contribution in [-0.2, 0) is 0 Å². The summed E-state index contributed by atoms with van der Waals surface area (Å²) < 4.78 is 9.08. The summed E-state index contributed by atoms with van der Waals surface area (Å²) in [5, 5.41) is 5.24. The number of furan rings is 1. The average molecular weight is 483 g/mol. The predicted octanol–water partition coefficient (Wildman–Crippen LogP) is 10.3. The van der Waals surface area contributed by atoms with Crippen molar-refractivity contribution in [3.8, 4) is 33.8 Å². The lowest BCUT2D eigenvalue weighted by atomic mass is 9.96. The topological polar surface area (TPSA) is 13.1 Å². The molecule has 3 heteroatoms. The standard InChI is InChI=1S/C32H18OS2/c1-2-12-28-21(8-1)23-10-5-11-24(32(23)35-28)27-16-15-26(33-27)20-14-17-29-25(18-20)22-9-3-6-19-7-4-13-30(34-29)31(19)22/h1-18H. The van der Waals surface area contributed by atoms with Crippen LogP contribution in [-0.4, -0.2) is 0 Å². The van der Waals surface area contributed by atoms with Gasteiger partial charge in [0.25, 0.3) is 0 Å². The zero-order chi connectivity index (χ0) is 22.9. The Balaban J connectivity index is 1.26. The van der Waals surface area contributed by atoms with Gasteiger partial charge in [0.05, 0.1) is 0 Å². The molecule has 0 spiro atoms. The highest BCUT2D eigenvalue weighted by atomic mass is 32.2. The Morgan fingerprint density at radius 3 is 2.31 bits per heavy atom. The van der Waals surface area contributed by atoms with E-state index in [1.807, 2.05) is 23.1 Å². The van der Waals surface area contributed by atoms with Crippen molar-refractivity contribution in [2.75, 3.05) is 0 Å². The van der Waals surface area contributed by atoms with E-state index in [0.717, 1.165) is 22.6 Å². The minimum Gasteiger partial charge on any atom is -0.456 e. The number of rotatable bonds is 2. The van der Waals surface area contributed by atoms with E-state index in [0.29, 0.717) is 0 Å². The van der Waals surface area contributed by atoms with E-state index in [9.17, 15) is 0 Å². The first kappa shape index (κ1) is 19.5. The van der Waals surface area contributed by atoms with Gasteiger partial charge in [0.1, 0.15) is 11.5 Å². The van der Waals surface area contributed by atoms with Crippen LogP contribution in [0.2, 0.25) is 0 Å². The number of fused-ring (bicyclic) bond motifs is 5. The lowest BCUT2D eigenvalue weighted by molar-refractivity contribution is 0.598. The van der Waals surface area contributed by atoms with E-state index in [2.05, 4.69) is 109 Å². The van der Waals surface area contributed by atoms with Gasteiger partial charge in [0.15, 0.2) is 0 Å². The normalized spacial score (nSPS) is 12.5. The second-order valence-electron chi connectivity index (χ2n) is 8.92. The first-order valence-corrected chi connectivity index (χ1v) is 13.3. The van der Waals surface area contributed by atoms with Crippen molar-refractivity contribution in [3.05, 3.63) is 109 Å². The third kappa shape index (κ3) is 2.89. The van der Waals surface area contributed by atoms with Gasteiger partial charge in [0.2, 0.25) is 0 Å². The van der Waals surface area contributed by atoms with Crippen molar-refractivity contribution in [2.24, 2.45) is 0 Å². The highest BCUT2D eigenvalue weighted by Crippen LogP contribution is 2.49. The SMILES string of the molecule is c1cc2c3c(cccc3c1)-c1cc(-c3ccc(-c4cccc5c4sc4ccccc45)o3)ccc1S2. The smallest absolute Gasteiger partial charge is 0.136 e. The van der Waals surface area contributed by atoms with Gasteiger partial charge in [-0.05, 0) is 59.0 Å². The Bertz CT molecular complexity index is 1930. The Hall–Kier alpha value is -3.79. The summed E-state index contributed by atoms with van der Waals surface area (Å²) >= 11 is 3.69. The van der Waals surface area contributed by atoms with E-state index >= 15 is 0 Å². The molecule has 7 aromatic rings. The van der Waals surface area contributed by atoms with Crippen LogP contribution in [0.25, 0.3) is 64.7 Å². The van der Waals surface area contributed by atoms with Crippen molar-refractivity contribution >= 4 is 54.0 Å². The maximum Gasteiger partial charge on any atom is 0.136 e. The third-order valence-electron chi connectivity index (χ3n) is 6.92. The van der Waals surface area contributed by atoms with Crippen LogP contribution in [0.1, 0.15) is 0 Å². The Kier molecular flexibility index (Phi) is 4.10. The number of thiophene rings is 1. The molecule has 1 aliphatic rings. The predicted molar refractivity (Wildman–Crippen MR) is 150 cm³/mol. The van der Waals surface area contributed by atoms with Crippen LogP contribution >= 0.6 is 23.1 Å². The zero-order valence-corrected chi connectivity index (χ0v) is 20.3. The van der Waals surface area contributed by atoms with Gasteiger partial charge < -0.3 is 4.42 Å². The fraction of sp³-hybridized carbons (Fsp3) is 0. The highest BCUT2D eigenvalue weighted by molar-refractivity contribution is 7.99. The van der Waals surface area contributed by atoms with Gasteiger partial charge in [-0.1, -0.05) is 78.5 Å². The monoisotopic (exact) mass is 482 g/mol. The van der Waals surface area contributed by atoms with E-state index in [1.165, 1.54) is 51.9 Å². The molecule has 0 saturated heterocycles. The Morgan fingerprint density at radius 2 is 1.34 bits per heavy atom. The summed E-state index contributed by atoms with van der Waals surface area (Å²) in [5.74, 6) is 1.81. The van der Waals surface area contributed by atoms with Gasteiger partial charge >= 0.3 is 0 Å². The van der Waals surface area contributed by atoms with Crippen molar-refractivity contribution in [1.82, 2.24) is 0 Å². The van der Waals surface area contributed by atoms with Crippen molar-refractivity contribution in [2.45, 2.75) is 9.79 Å². The second-order valence-corrected chi connectivity index (χ2v) is 11.1. The fourth-order valence-electron chi connectivity index (χ4n) is 5.30. The van der Waals surface area contributed by atoms with Crippen LogP contribution in [0.3, 0.4) is 0 Å². The quantitative estimate of drug-likeness (QED) is 0.243. The number of hydrogen-bond acceptors (Lipinski definition) is 3. The van der Waals surface area contributed by atoms with Gasteiger partial charge in [-0.2, -0.15) is 0 Å². The molecule has 0 amide bonds. The largest absolute Gasteiger partial charge is 0.456 e. The third-order valence-corrected chi connectivity index (χ3v) is 9.27. The van der Waals surface area contributed by atoms with E-state index in [4.69, 9.17) is 4.42 Å². The van der Waals surface area contributed by atoms with Crippen LogP contribution in [0.4, 0.5) is 0 Å². The molecule has 1 aliphatic heterocycles. The average Bonchev–Trinajstić information content (AvgIpc) is 3.54. The lowest BCUT2D eigenvalue weighted by Gasteiger charge is -2.20. The fourth-order valence-corrected chi connectivity index (χ4v) is 7.65. The maximum absolute atomic E-state index is 6.49. The summed E-state index contributed by atoms with van der Waals surface area (Å²) in [6.07, 6.45) is 0. The summed E-state index contributed by atoms with van der Waals surface area (Å²) in [6.45, 7) is 0. The first-order valence-electron chi connectivity index (χ1n) is 11.7. The van der Waals surface area contributed by atoms with E-state index in [-0.39, 0.29) is 0 Å². The van der Waals surface area contributed by atoms with Gasteiger partial charge in [-0.15, -0.1) is 11.3 Å². The molecule has 2 aromatic heterocycles. The minimum absolute atomic E-state index is 0.900. The molecule has 0 atom stereocenters. The molecule has 0 saturated carbocycles. The molecule has 0 fully saturated rings. The molecule has 1 nitrogen and oxygen atoms in total. The Labute approximate surface area is 210 Å².